The molecule has 1 saturated heterocycles. The molecule has 2 fully saturated rings. The van der Waals surface area contributed by atoms with E-state index in [1.54, 1.807) is 6.20 Å². The maximum absolute atomic E-state index is 9.57. The van der Waals surface area contributed by atoms with Crippen LogP contribution in [-0.2, 0) is 11.3 Å². The molecule has 0 aromatic carbocycles. The number of aliphatic hydroxyl groups is 1. The van der Waals surface area contributed by atoms with Crippen LogP contribution in [0.15, 0.2) is 22.9 Å². The van der Waals surface area contributed by atoms with Crippen LogP contribution in [0.3, 0.4) is 0 Å². The largest absolute Gasteiger partial charge is 0.393 e. The molecule has 122 valence electrons. The molecular formula is C16H20N4O3. The molecule has 0 spiro atoms. The minimum Gasteiger partial charge on any atom is -0.393 e. The first-order valence-corrected chi connectivity index (χ1v) is 8.11. The normalized spacial score (nSPS) is 19.3. The highest BCUT2D eigenvalue weighted by molar-refractivity contribution is 5.55. The number of aromatic nitrogens is 3. The molecule has 7 nitrogen and oxygen atoms in total. The lowest BCUT2D eigenvalue weighted by atomic mass is 10.1. The number of piperidine rings is 1. The van der Waals surface area contributed by atoms with Gasteiger partial charge in [-0.3, -0.25) is 0 Å². The van der Waals surface area contributed by atoms with Gasteiger partial charge >= 0.3 is 0 Å². The molecule has 0 atom stereocenters. The van der Waals surface area contributed by atoms with E-state index in [1.165, 1.54) is 0 Å². The molecule has 1 saturated carbocycles. The third-order valence-electron chi connectivity index (χ3n) is 4.23. The standard InChI is InChI=1S/C16H20N4O3/c21-12-5-7-20(8-6-12)14-4-1-11(9-17-14)16-18-15(23-19-16)10-22-13-2-3-13/h1,4,9,12-13,21H,2-3,5-8,10H2. The molecule has 1 N–H and O–H groups in total. The van der Waals surface area contributed by atoms with Crippen molar-refractivity contribution in [2.24, 2.45) is 0 Å². The average Bonchev–Trinajstić information content (AvgIpc) is 3.30. The third-order valence-corrected chi connectivity index (χ3v) is 4.23. The summed E-state index contributed by atoms with van der Waals surface area (Å²) in [7, 11) is 0. The maximum atomic E-state index is 9.57. The summed E-state index contributed by atoms with van der Waals surface area (Å²) in [6.45, 7) is 2.04. The highest BCUT2D eigenvalue weighted by Gasteiger charge is 2.23. The van der Waals surface area contributed by atoms with Gasteiger partial charge in [0.2, 0.25) is 5.82 Å². The zero-order valence-electron chi connectivity index (χ0n) is 12.9. The Morgan fingerprint density at radius 2 is 2.04 bits per heavy atom. The molecule has 4 rings (SSSR count). The smallest absolute Gasteiger partial charge is 0.252 e. The van der Waals surface area contributed by atoms with Crippen molar-refractivity contribution in [3.05, 3.63) is 24.2 Å². The van der Waals surface area contributed by atoms with E-state index in [1.807, 2.05) is 12.1 Å². The number of rotatable bonds is 5. The lowest BCUT2D eigenvalue weighted by molar-refractivity contribution is 0.0841. The van der Waals surface area contributed by atoms with Gasteiger partial charge in [-0.25, -0.2) is 4.98 Å². The molecule has 1 aliphatic heterocycles. The van der Waals surface area contributed by atoms with Crippen LogP contribution >= 0.6 is 0 Å². The Kier molecular flexibility index (Phi) is 3.97. The van der Waals surface area contributed by atoms with Gasteiger partial charge in [0.05, 0.1) is 12.2 Å². The Morgan fingerprint density at radius 3 is 2.74 bits per heavy atom. The van der Waals surface area contributed by atoms with Crippen molar-refractivity contribution in [1.29, 1.82) is 0 Å². The number of hydrogen-bond donors (Lipinski definition) is 1. The van der Waals surface area contributed by atoms with Crippen molar-refractivity contribution in [1.82, 2.24) is 15.1 Å². The van der Waals surface area contributed by atoms with Crippen LogP contribution in [0.1, 0.15) is 31.6 Å². The van der Waals surface area contributed by atoms with Crippen LogP contribution in [-0.4, -0.2) is 45.5 Å². The fourth-order valence-corrected chi connectivity index (χ4v) is 2.65. The molecule has 2 aromatic heterocycles. The minimum absolute atomic E-state index is 0.180. The van der Waals surface area contributed by atoms with E-state index in [-0.39, 0.29) is 6.10 Å². The summed E-state index contributed by atoms with van der Waals surface area (Å²) in [5.41, 5.74) is 0.826. The molecule has 2 aromatic rings. The predicted octanol–water partition coefficient (Wildman–Crippen LogP) is 1.77. The molecule has 0 unspecified atom stereocenters. The van der Waals surface area contributed by atoms with E-state index in [4.69, 9.17) is 9.26 Å². The molecule has 2 aliphatic rings. The van der Waals surface area contributed by atoms with Gasteiger partial charge in [-0.2, -0.15) is 4.98 Å². The zero-order chi connectivity index (χ0) is 15.6. The predicted molar refractivity (Wildman–Crippen MR) is 82.8 cm³/mol. The first-order chi connectivity index (χ1) is 11.3. The van der Waals surface area contributed by atoms with Gasteiger partial charge in [-0.1, -0.05) is 5.16 Å². The zero-order valence-corrected chi connectivity index (χ0v) is 12.9. The van der Waals surface area contributed by atoms with Crippen molar-refractivity contribution in [3.8, 4) is 11.4 Å². The van der Waals surface area contributed by atoms with Crippen LogP contribution in [0.25, 0.3) is 11.4 Å². The monoisotopic (exact) mass is 316 g/mol. The first-order valence-electron chi connectivity index (χ1n) is 8.11. The lowest BCUT2D eigenvalue weighted by Gasteiger charge is -2.30. The summed E-state index contributed by atoms with van der Waals surface area (Å²) in [5.74, 6) is 1.95. The summed E-state index contributed by atoms with van der Waals surface area (Å²) in [6.07, 6.45) is 5.78. The minimum atomic E-state index is -0.180. The number of aliphatic hydroxyl groups excluding tert-OH is 1. The molecule has 0 radical (unpaired) electrons. The summed E-state index contributed by atoms with van der Waals surface area (Å²) in [5, 5.41) is 13.6. The number of hydrogen-bond acceptors (Lipinski definition) is 7. The van der Waals surface area contributed by atoms with Gasteiger partial charge in [-0.15, -0.1) is 0 Å². The number of pyridine rings is 1. The molecular weight excluding hydrogens is 296 g/mol. The maximum Gasteiger partial charge on any atom is 0.252 e. The van der Waals surface area contributed by atoms with E-state index in [0.717, 1.165) is 50.2 Å². The highest BCUT2D eigenvalue weighted by atomic mass is 16.5. The van der Waals surface area contributed by atoms with Crippen molar-refractivity contribution in [2.45, 2.75) is 44.5 Å². The fraction of sp³-hybridized carbons (Fsp3) is 0.562. The van der Waals surface area contributed by atoms with Crippen LogP contribution in [0.2, 0.25) is 0 Å². The molecule has 1 aliphatic carbocycles. The lowest BCUT2D eigenvalue weighted by Crippen LogP contribution is -2.36. The van der Waals surface area contributed by atoms with E-state index < -0.39 is 0 Å². The van der Waals surface area contributed by atoms with Crippen molar-refractivity contribution in [2.75, 3.05) is 18.0 Å². The second-order valence-corrected chi connectivity index (χ2v) is 6.15. The SMILES string of the molecule is OC1CCN(c2ccc(-c3noc(COC4CC4)n3)cn2)CC1. The van der Waals surface area contributed by atoms with E-state index in [2.05, 4.69) is 20.0 Å². The average molecular weight is 316 g/mol. The third kappa shape index (κ3) is 3.51. The fourth-order valence-electron chi connectivity index (χ4n) is 2.65. The molecule has 0 amide bonds. The number of nitrogens with zero attached hydrogens (tertiary/aromatic N) is 4. The second kappa shape index (κ2) is 6.25. The Hall–Kier alpha value is -1.99. The summed E-state index contributed by atoms with van der Waals surface area (Å²) in [6, 6.07) is 3.91. The second-order valence-electron chi connectivity index (χ2n) is 6.15. The van der Waals surface area contributed by atoms with Gasteiger partial charge in [-0.05, 0) is 37.8 Å². The van der Waals surface area contributed by atoms with Gasteiger partial charge < -0.3 is 19.3 Å². The van der Waals surface area contributed by atoms with Crippen molar-refractivity contribution >= 4 is 5.82 Å². The number of anilines is 1. The molecule has 3 heterocycles. The van der Waals surface area contributed by atoms with Crippen LogP contribution in [0.5, 0.6) is 0 Å². The molecule has 0 bridgehead atoms. The molecule has 23 heavy (non-hydrogen) atoms. The topological polar surface area (TPSA) is 84.5 Å². The summed E-state index contributed by atoms with van der Waals surface area (Å²) in [4.78, 5) is 11.0. The Bertz CT molecular complexity index is 646. The highest BCUT2D eigenvalue weighted by Crippen LogP contribution is 2.25. The van der Waals surface area contributed by atoms with Gasteiger partial charge in [0.1, 0.15) is 12.4 Å². The van der Waals surface area contributed by atoms with E-state index in [0.29, 0.717) is 24.4 Å². The van der Waals surface area contributed by atoms with Crippen LogP contribution in [0.4, 0.5) is 5.82 Å². The van der Waals surface area contributed by atoms with E-state index >= 15 is 0 Å². The molecule has 7 heteroatoms. The summed E-state index contributed by atoms with van der Waals surface area (Å²) < 4.78 is 10.8. The summed E-state index contributed by atoms with van der Waals surface area (Å²) >= 11 is 0. The van der Waals surface area contributed by atoms with Gasteiger partial charge in [0.15, 0.2) is 0 Å². The van der Waals surface area contributed by atoms with Gasteiger partial charge in [0.25, 0.3) is 5.89 Å². The van der Waals surface area contributed by atoms with Crippen LogP contribution < -0.4 is 4.90 Å². The van der Waals surface area contributed by atoms with Crippen LogP contribution in [0, 0.1) is 0 Å². The Morgan fingerprint density at radius 1 is 1.22 bits per heavy atom. The van der Waals surface area contributed by atoms with E-state index in [9.17, 15) is 5.11 Å². The van der Waals surface area contributed by atoms with Crippen molar-refractivity contribution < 1.29 is 14.4 Å². The first kappa shape index (κ1) is 14.6. The Labute approximate surface area is 134 Å². The number of ether oxygens (including phenoxy) is 1. The van der Waals surface area contributed by atoms with Crippen molar-refractivity contribution in [3.63, 3.8) is 0 Å². The quantitative estimate of drug-likeness (QED) is 0.900. The Balaban J connectivity index is 1.41. The van der Waals surface area contributed by atoms with Gasteiger partial charge in [0, 0.05) is 24.8 Å².